The van der Waals surface area contributed by atoms with Crippen LogP contribution in [0.15, 0.2) is 22.7 Å². The smallest absolute Gasteiger partial charge is 0.293 e. The lowest BCUT2D eigenvalue weighted by Gasteiger charge is -2.49. The molecule has 0 saturated heterocycles. The number of hydrogen-bond acceptors (Lipinski definition) is 3. The van der Waals surface area contributed by atoms with E-state index in [4.69, 9.17) is 0 Å². The number of rotatable bonds is 5. The monoisotopic (exact) mass is 378 g/mol. The van der Waals surface area contributed by atoms with Gasteiger partial charge in [0.05, 0.1) is 4.92 Å². The van der Waals surface area contributed by atoms with Crippen LogP contribution in [0.2, 0.25) is 0 Å². The van der Waals surface area contributed by atoms with Crippen LogP contribution < -0.4 is 4.90 Å². The Hall–Kier alpha value is -0.970. The topological polar surface area (TPSA) is 46.4 Å². The molecule has 1 fully saturated rings. The maximum absolute atomic E-state index is 11.6. The summed E-state index contributed by atoms with van der Waals surface area (Å²) in [6, 6.07) is 5.82. The lowest BCUT2D eigenvalue weighted by molar-refractivity contribution is -0.384. The van der Waals surface area contributed by atoms with Gasteiger partial charge in [0.15, 0.2) is 0 Å². The lowest BCUT2D eigenvalue weighted by atomic mass is 9.54. The van der Waals surface area contributed by atoms with Crippen LogP contribution in [0.4, 0.5) is 11.4 Å². The second kappa shape index (κ2) is 7.29. The first-order valence-corrected chi connectivity index (χ1v) is 9.27. The van der Waals surface area contributed by atoms with Gasteiger partial charge in [-0.1, -0.05) is 49.0 Å². The molecule has 0 atom stereocenters. The van der Waals surface area contributed by atoms with Gasteiger partial charge in [0.2, 0.25) is 0 Å². The van der Waals surface area contributed by atoms with Crippen molar-refractivity contribution < 1.29 is 4.92 Å². The van der Waals surface area contributed by atoms with Gasteiger partial charge in [-0.3, -0.25) is 10.1 Å². The van der Waals surface area contributed by atoms with E-state index in [1.165, 1.54) is 19.3 Å². The van der Waals surface area contributed by atoms with Crippen molar-refractivity contribution in [3.05, 3.63) is 32.8 Å². The Balaban J connectivity index is 2.55. The maximum atomic E-state index is 11.6. The van der Waals surface area contributed by atoms with Gasteiger partial charge in [0.1, 0.15) is 21.4 Å². The Morgan fingerprint density at radius 3 is 2.43 bits per heavy atom. The van der Waals surface area contributed by atoms with Crippen molar-refractivity contribution in [3.63, 3.8) is 0 Å². The van der Waals surface area contributed by atoms with Crippen molar-refractivity contribution in [2.24, 2.45) is 5.92 Å². The number of halogens is 1. The fourth-order valence-electron chi connectivity index (χ4n) is 3.44. The van der Waals surface area contributed by atoms with Crippen LogP contribution in [-0.2, 0) is 0 Å². The van der Waals surface area contributed by atoms with E-state index in [-0.39, 0.29) is 15.9 Å². The summed E-state index contributed by atoms with van der Waals surface area (Å²) < 4.78 is 0.749. The van der Waals surface area contributed by atoms with Crippen molar-refractivity contribution in [1.82, 2.24) is 0 Å². The van der Waals surface area contributed by atoms with E-state index >= 15 is 0 Å². The van der Waals surface area contributed by atoms with Crippen LogP contribution in [-0.4, -0.2) is 32.0 Å². The first-order valence-electron chi connectivity index (χ1n) is 8.48. The zero-order valence-corrected chi connectivity index (χ0v) is 16.1. The number of nitro benzene ring substituents is 1. The molecule has 0 bridgehead atoms. The summed E-state index contributed by atoms with van der Waals surface area (Å²) in [5.74, 6) is 0.396. The van der Waals surface area contributed by atoms with Crippen molar-refractivity contribution in [2.75, 3.05) is 4.90 Å². The van der Waals surface area contributed by atoms with Gasteiger partial charge in [-0.15, -0.1) is 0 Å². The van der Waals surface area contributed by atoms with Gasteiger partial charge < -0.3 is 4.90 Å². The zero-order valence-electron chi connectivity index (χ0n) is 14.5. The summed E-state index contributed by atoms with van der Waals surface area (Å²) in [5, 5.41) is 11.5. The highest BCUT2D eigenvalue weighted by atomic mass is 79.9. The van der Waals surface area contributed by atoms with E-state index < -0.39 is 0 Å². The molecule has 0 aliphatic heterocycles. The quantitative estimate of drug-likeness (QED) is 0.449. The molecule has 0 heterocycles. The molecule has 7 heteroatoms. The van der Waals surface area contributed by atoms with E-state index in [2.05, 4.69) is 50.4 Å². The number of benzene rings is 1. The van der Waals surface area contributed by atoms with E-state index in [9.17, 15) is 10.1 Å². The molecule has 1 aromatic carbocycles. The first kappa shape index (κ1) is 18.4. The number of hydrogen-bond donors (Lipinski definition) is 0. The van der Waals surface area contributed by atoms with Gasteiger partial charge in [-0.25, -0.2) is 0 Å². The summed E-state index contributed by atoms with van der Waals surface area (Å²) >= 11 is 3.37. The number of nitrogens with zero attached hydrogens (tertiary/aromatic N) is 2. The molecule has 0 spiro atoms. The Morgan fingerprint density at radius 2 is 1.91 bits per heavy atom. The maximum Gasteiger partial charge on any atom is 0.293 e. The minimum Gasteiger partial charge on any atom is -0.373 e. The second-order valence-corrected chi connectivity index (χ2v) is 8.28. The largest absolute Gasteiger partial charge is 0.373 e. The highest BCUT2D eigenvalue weighted by Gasteiger charge is 2.38. The zero-order chi connectivity index (χ0) is 17.2. The van der Waals surface area contributed by atoms with Crippen molar-refractivity contribution in [2.45, 2.75) is 57.3 Å². The normalized spacial score (nSPS) is 16.5. The molecular weight excluding hydrogens is 354 g/mol. The van der Waals surface area contributed by atoms with E-state index in [1.54, 1.807) is 6.07 Å². The van der Waals surface area contributed by atoms with Crippen LogP contribution in [0, 0.1) is 16.0 Å². The minimum atomic E-state index is -0.258. The van der Waals surface area contributed by atoms with Crippen LogP contribution in [0.3, 0.4) is 0 Å². The Morgan fingerprint density at radius 1 is 1.30 bits per heavy atom. The van der Waals surface area contributed by atoms with Gasteiger partial charge in [0, 0.05) is 16.6 Å². The van der Waals surface area contributed by atoms with Gasteiger partial charge in [-0.05, 0) is 36.2 Å². The molecule has 0 aromatic heterocycles. The van der Waals surface area contributed by atoms with Crippen molar-refractivity contribution in [1.29, 1.82) is 0 Å². The number of nitro groups is 1. The van der Waals surface area contributed by atoms with Gasteiger partial charge in [0.25, 0.3) is 5.69 Å². The van der Waals surface area contributed by atoms with Crippen LogP contribution in [0.1, 0.15) is 46.0 Å². The molecule has 4 nitrogen and oxygen atoms in total. The molecule has 0 radical (unpaired) electrons. The molecule has 23 heavy (non-hydrogen) atoms. The SMILES string of the molecule is BC(B)(C(C)C)N(c1ccc(Br)cc1[N+](=O)[O-])C1CCCCC1. The first-order chi connectivity index (χ1) is 10.7. The average Bonchev–Trinajstić information content (AvgIpc) is 2.49. The summed E-state index contributed by atoms with van der Waals surface area (Å²) in [6.07, 6.45) is 5.92. The molecule has 1 saturated carbocycles. The molecule has 2 rings (SSSR count). The molecular formula is C16H25B2BrN2O2. The van der Waals surface area contributed by atoms with Crippen molar-refractivity contribution in [3.8, 4) is 0 Å². The minimum absolute atomic E-state index is 0.138. The van der Waals surface area contributed by atoms with E-state index in [0.29, 0.717) is 12.0 Å². The highest BCUT2D eigenvalue weighted by Crippen LogP contribution is 2.40. The van der Waals surface area contributed by atoms with Crippen LogP contribution in [0.5, 0.6) is 0 Å². The third-order valence-electron chi connectivity index (χ3n) is 5.37. The third-order valence-corrected chi connectivity index (χ3v) is 5.86. The van der Waals surface area contributed by atoms with Crippen LogP contribution >= 0.6 is 15.9 Å². The molecule has 124 valence electrons. The van der Waals surface area contributed by atoms with E-state index in [1.807, 2.05) is 12.1 Å². The summed E-state index contributed by atoms with van der Waals surface area (Å²) in [4.78, 5) is 13.7. The standard InChI is InChI=1S/C16H25B2BrN2O2/c1-11(2)16(17,18)20(13-6-4-3-5-7-13)14-9-8-12(19)10-15(14)21(22)23/h8-11,13H,3-7,17-18H2,1-2H3. The fraction of sp³-hybridized carbons (Fsp3) is 0.625. The average molecular weight is 379 g/mol. The molecule has 1 aliphatic carbocycles. The molecule has 0 amide bonds. The Bertz CT molecular complexity index is 575. The fourth-order valence-corrected chi connectivity index (χ4v) is 3.79. The van der Waals surface area contributed by atoms with Crippen LogP contribution in [0.25, 0.3) is 0 Å². The third kappa shape index (κ3) is 3.93. The number of anilines is 1. The predicted molar refractivity (Wildman–Crippen MR) is 105 cm³/mol. The molecule has 0 N–H and O–H groups in total. The van der Waals surface area contributed by atoms with E-state index in [0.717, 1.165) is 23.0 Å². The molecule has 1 aromatic rings. The Labute approximate surface area is 149 Å². The highest BCUT2D eigenvalue weighted by molar-refractivity contribution is 9.10. The second-order valence-electron chi connectivity index (χ2n) is 7.36. The predicted octanol–water partition coefficient (Wildman–Crippen LogP) is 3.07. The lowest BCUT2D eigenvalue weighted by Crippen LogP contribution is -2.59. The summed E-state index contributed by atoms with van der Waals surface area (Å²) in [7, 11) is 4.41. The Kier molecular flexibility index (Phi) is 5.82. The summed E-state index contributed by atoms with van der Waals surface area (Å²) in [5.41, 5.74) is 0.947. The van der Waals surface area contributed by atoms with Gasteiger partial charge in [-0.2, -0.15) is 0 Å². The van der Waals surface area contributed by atoms with Crippen molar-refractivity contribution >= 4 is 43.0 Å². The molecule has 1 aliphatic rings. The summed E-state index contributed by atoms with van der Waals surface area (Å²) in [6.45, 7) is 4.39. The molecule has 0 unspecified atom stereocenters. The van der Waals surface area contributed by atoms with Gasteiger partial charge >= 0.3 is 0 Å².